The van der Waals surface area contributed by atoms with Crippen molar-refractivity contribution >= 4 is 16.9 Å². The molecule has 0 unspecified atom stereocenters. The Morgan fingerprint density at radius 3 is 2.88 bits per heavy atom. The van der Waals surface area contributed by atoms with E-state index in [-0.39, 0.29) is 41.1 Å². The lowest BCUT2D eigenvalue weighted by molar-refractivity contribution is -0.121. The molecule has 0 spiro atoms. The van der Waals surface area contributed by atoms with Gasteiger partial charge in [0, 0.05) is 25.3 Å². The van der Waals surface area contributed by atoms with Gasteiger partial charge >= 0.3 is 5.63 Å². The Labute approximate surface area is 137 Å². The van der Waals surface area contributed by atoms with Gasteiger partial charge in [0.1, 0.15) is 17.1 Å². The predicted octanol–water partition coefficient (Wildman–Crippen LogP) is 1.35. The van der Waals surface area contributed by atoms with Crippen LogP contribution in [0.1, 0.15) is 24.0 Å². The molecule has 2 heterocycles. The van der Waals surface area contributed by atoms with Crippen molar-refractivity contribution < 1.29 is 24.2 Å². The fourth-order valence-electron chi connectivity index (χ4n) is 2.97. The lowest BCUT2D eigenvalue weighted by atomic mass is 10.0. The highest BCUT2D eigenvalue weighted by Gasteiger charge is 2.20. The molecule has 3 rings (SSSR count). The number of ether oxygens (including phenoxy) is 1. The first-order valence-corrected chi connectivity index (χ1v) is 7.82. The molecule has 1 amide bonds. The molecule has 0 saturated carbocycles. The molecular formula is C17H19NO6. The summed E-state index contributed by atoms with van der Waals surface area (Å²) in [6.45, 7) is 2.76. The van der Waals surface area contributed by atoms with E-state index in [4.69, 9.17) is 9.15 Å². The number of aromatic hydroxyl groups is 2. The minimum atomic E-state index is -0.655. The van der Waals surface area contributed by atoms with E-state index in [1.807, 2.05) is 0 Å². The van der Waals surface area contributed by atoms with Crippen LogP contribution in [0.3, 0.4) is 0 Å². The van der Waals surface area contributed by atoms with E-state index in [0.29, 0.717) is 24.1 Å². The van der Waals surface area contributed by atoms with Crippen LogP contribution < -0.4 is 10.9 Å². The van der Waals surface area contributed by atoms with Crippen LogP contribution in [-0.2, 0) is 16.0 Å². The zero-order valence-electron chi connectivity index (χ0n) is 13.3. The zero-order valence-corrected chi connectivity index (χ0v) is 13.3. The van der Waals surface area contributed by atoms with Crippen LogP contribution in [0.4, 0.5) is 0 Å². The summed E-state index contributed by atoms with van der Waals surface area (Å²) in [7, 11) is 0. The van der Waals surface area contributed by atoms with Crippen molar-refractivity contribution in [2.45, 2.75) is 32.3 Å². The Hall–Kier alpha value is -2.54. The highest BCUT2D eigenvalue weighted by Crippen LogP contribution is 2.32. The lowest BCUT2D eigenvalue weighted by Gasteiger charge is -2.12. The summed E-state index contributed by atoms with van der Waals surface area (Å²) in [5.41, 5.74) is 0.0788. The second kappa shape index (κ2) is 6.52. The first-order chi connectivity index (χ1) is 11.5. The van der Waals surface area contributed by atoms with E-state index in [9.17, 15) is 19.8 Å². The molecule has 1 atom stereocenters. The highest BCUT2D eigenvalue weighted by atomic mass is 16.5. The number of carbonyl (C=O) groups excluding carboxylic acids is 1. The molecule has 1 fully saturated rings. The zero-order chi connectivity index (χ0) is 17.3. The predicted molar refractivity (Wildman–Crippen MR) is 86.2 cm³/mol. The summed E-state index contributed by atoms with van der Waals surface area (Å²) >= 11 is 0. The number of fused-ring (bicyclic) bond motifs is 1. The van der Waals surface area contributed by atoms with Gasteiger partial charge in [-0.2, -0.15) is 0 Å². The molecule has 0 aliphatic carbocycles. The number of rotatable bonds is 4. The van der Waals surface area contributed by atoms with E-state index in [0.717, 1.165) is 18.9 Å². The van der Waals surface area contributed by atoms with Crippen LogP contribution in [0, 0.1) is 6.92 Å². The Bertz CT molecular complexity index is 835. The normalized spacial score (nSPS) is 17.3. The van der Waals surface area contributed by atoms with Crippen molar-refractivity contribution in [1.29, 1.82) is 0 Å². The quantitative estimate of drug-likeness (QED) is 0.729. The minimum absolute atomic E-state index is 0.0232. The third-order valence-electron chi connectivity index (χ3n) is 4.23. The molecule has 1 aliphatic heterocycles. The molecule has 7 nitrogen and oxygen atoms in total. The number of phenols is 2. The topological polar surface area (TPSA) is 109 Å². The van der Waals surface area contributed by atoms with Gasteiger partial charge in [0.25, 0.3) is 0 Å². The summed E-state index contributed by atoms with van der Waals surface area (Å²) in [4.78, 5) is 24.2. The number of carbonyl (C=O) groups is 1. The fraction of sp³-hybridized carbons (Fsp3) is 0.412. The Morgan fingerprint density at radius 2 is 2.17 bits per heavy atom. The summed E-state index contributed by atoms with van der Waals surface area (Å²) in [5, 5.41) is 22.5. The van der Waals surface area contributed by atoms with Crippen molar-refractivity contribution in [3.63, 3.8) is 0 Å². The SMILES string of the molecule is Cc1c(CC(=O)NC[C@H]2CCCO2)c(=O)oc2cc(O)cc(O)c12. The summed E-state index contributed by atoms with van der Waals surface area (Å²) in [6.07, 6.45) is 1.78. The number of aryl methyl sites for hydroxylation is 1. The molecule has 128 valence electrons. The summed E-state index contributed by atoms with van der Waals surface area (Å²) < 4.78 is 10.6. The van der Waals surface area contributed by atoms with Crippen LogP contribution in [0.15, 0.2) is 21.3 Å². The van der Waals surface area contributed by atoms with Crippen molar-refractivity contribution in [1.82, 2.24) is 5.32 Å². The van der Waals surface area contributed by atoms with Crippen molar-refractivity contribution in [2.24, 2.45) is 0 Å². The number of amides is 1. The van der Waals surface area contributed by atoms with E-state index in [1.165, 1.54) is 6.07 Å². The first kappa shape index (κ1) is 16.3. The monoisotopic (exact) mass is 333 g/mol. The fourth-order valence-corrected chi connectivity index (χ4v) is 2.97. The van der Waals surface area contributed by atoms with Gasteiger partial charge in [0.05, 0.1) is 23.5 Å². The third-order valence-corrected chi connectivity index (χ3v) is 4.23. The maximum atomic E-state index is 12.1. The smallest absolute Gasteiger partial charge is 0.340 e. The maximum absolute atomic E-state index is 12.1. The molecule has 1 aromatic carbocycles. The van der Waals surface area contributed by atoms with Gasteiger partial charge in [-0.1, -0.05) is 0 Å². The largest absolute Gasteiger partial charge is 0.508 e. The number of phenolic OH excluding ortho intramolecular Hbond substituents is 2. The second-order valence-electron chi connectivity index (χ2n) is 5.95. The molecular weight excluding hydrogens is 314 g/mol. The molecule has 1 saturated heterocycles. The first-order valence-electron chi connectivity index (χ1n) is 7.82. The van der Waals surface area contributed by atoms with Crippen LogP contribution in [0.2, 0.25) is 0 Å². The van der Waals surface area contributed by atoms with Gasteiger partial charge in [-0.15, -0.1) is 0 Å². The summed E-state index contributed by atoms with van der Waals surface area (Å²) in [6, 6.07) is 2.42. The number of hydrogen-bond acceptors (Lipinski definition) is 6. The van der Waals surface area contributed by atoms with Gasteiger partial charge < -0.3 is 24.7 Å². The highest BCUT2D eigenvalue weighted by molar-refractivity contribution is 5.89. The van der Waals surface area contributed by atoms with Crippen molar-refractivity contribution in [2.75, 3.05) is 13.2 Å². The van der Waals surface area contributed by atoms with Crippen molar-refractivity contribution in [3.05, 3.63) is 33.7 Å². The molecule has 3 N–H and O–H groups in total. The van der Waals surface area contributed by atoms with Crippen LogP contribution in [0.25, 0.3) is 11.0 Å². The lowest BCUT2D eigenvalue weighted by Crippen LogP contribution is -2.34. The Morgan fingerprint density at radius 1 is 1.38 bits per heavy atom. The molecule has 7 heteroatoms. The van der Waals surface area contributed by atoms with E-state index < -0.39 is 5.63 Å². The molecule has 1 aliphatic rings. The Kier molecular flexibility index (Phi) is 4.44. The standard InChI is InChI=1S/C17H19NO6/c1-9-12(7-15(21)18-8-11-3-2-4-23-11)17(22)24-14-6-10(19)5-13(20)16(9)14/h5-6,11,19-20H,2-4,7-8H2,1H3,(H,18,21)/t11-/m1/s1. The maximum Gasteiger partial charge on any atom is 0.340 e. The number of hydrogen-bond donors (Lipinski definition) is 3. The van der Waals surface area contributed by atoms with Gasteiger partial charge in [-0.05, 0) is 25.3 Å². The van der Waals surface area contributed by atoms with Crippen LogP contribution >= 0.6 is 0 Å². The average molecular weight is 333 g/mol. The number of benzene rings is 1. The molecule has 24 heavy (non-hydrogen) atoms. The van der Waals surface area contributed by atoms with Gasteiger partial charge in [-0.3, -0.25) is 4.79 Å². The molecule has 0 radical (unpaired) electrons. The van der Waals surface area contributed by atoms with Crippen LogP contribution in [-0.4, -0.2) is 35.4 Å². The van der Waals surface area contributed by atoms with Crippen molar-refractivity contribution in [3.8, 4) is 11.5 Å². The van der Waals surface area contributed by atoms with Gasteiger partial charge in [0.15, 0.2) is 0 Å². The third kappa shape index (κ3) is 3.21. The van der Waals surface area contributed by atoms with Gasteiger partial charge in [-0.25, -0.2) is 4.79 Å². The van der Waals surface area contributed by atoms with Gasteiger partial charge in [0.2, 0.25) is 5.91 Å². The molecule has 2 aromatic rings. The second-order valence-corrected chi connectivity index (χ2v) is 5.95. The summed E-state index contributed by atoms with van der Waals surface area (Å²) in [5.74, 6) is -0.713. The molecule has 0 bridgehead atoms. The average Bonchev–Trinajstić information content (AvgIpc) is 3.01. The minimum Gasteiger partial charge on any atom is -0.508 e. The van der Waals surface area contributed by atoms with E-state index in [1.54, 1.807) is 6.92 Å². The molecule has 1 aromatic heterocycles. The number of nitrogens with one attached hydrogen (secondary N) is 1. The van der Waals surface area contributed by atoms with E-state index in [2.05, 4.69) is 5.32 Å². The Balaban J connectivity index is 1.83. The van der Waals surface area contributed by atoms with Crippen LogP contribution in [0.5, 0.6) is 11.5 Å². The van der Waals surface area contributed by atoms with E-state index >= 15 is 0 Å².